The van der Waals surface area contributed by atoms with E-state index in [0.29, 0.717) is 35.1 Å². The van der Waals surface area contributed by atoms with Gasteiger partial charge in [-0.3, -0.25) is 9.20 Å². The van der Waals surface area contributed by atoms with Crippen LogP contribution in [0.2, 0.25) is 0 Å². The van der Waals surface area contributed by atoms with Gasteiger partial charge in [0.15, 0.2) is 0 Å². The molecule has 0 bridgehead atoms. The molecule has 3 heterocycles. The third-order valence-corrected chi connectivity index (χ3v) is 4.07. The van der Waals surface area contributed by atoms with Gasteiger partial charge in [-0.05, 0) is 25.0 Å². The largest absolute Gasteiger partial charge is 0.361 e. The number of rotatable bonds is 3. The van der Waals surface area contributed by atoms with Crippen LogP contribution in [0.3, 0.4) is 0 Å². The Morgan fingerprint density at radius 1 is 1.21 bits per heavy atom. The first-order valence-electron chi connectivity index (χ1n) is 7.98. The average molecular weight is 322 g/mol. The second-order valence-corrected chi connectivity index (χ2v) is 6.43. The summed E-state index contributed by atoms with van der Waals surface area (Å²) in [6, 6.07) is 9.68. The standard InChI is InChI=1S/C18H18N4O2/c1-11(2)9-21-14-6-4-5-7-15(14)22-10-19-16(17(22)18(21)23)13-8-12(3)24-20-13/h4-8,10-11H,9H2,1-3H3. The molecule has 1 aromatic carbocycles. The van der Waals surface area contributed by atoms with Crippen LogP contribution >= 0.6 is 0 Å². The van der Waals surface area contributed by atoms with E-state index in [1.54, 1.807) is 12.4 Å². The first-order chi connectivity index (χ1) is 11.6. The van der Waals surface area contributed by atoms with E-state index in [-0.39, 0.29) is 5.56 Å². The Morgan fingerprint density at radius 3 is 2.62 bits per heavy atom. The summed E-state index contributed by atoms with van der Waals surface area (Å²) in [5.41, 5.74) is 3.47. The lowest BCUT2D eigenvalue weighted by atomic mass is 10.2. The molecule has 122 valence electrons. The SMILES string of the molecule is Cc1cc(-c2ncn3c2c(=O)n(CC(C)C)c2ccccc23)no1. The topological polar surface area (TPSA) is 65.3 Å². The quantitative estimate of drug-likeness (QED) is 0.580. The van der Waals surface area contributed by atoms with E-state index in [9.17, 15) is 4.79 Å². The number of benzene rings is 1. The van der Waals surface area contributed by atoms with Crippen molar-refractivity contribution in [2.75, 3.05) is 0 Å². The van der Waals surface area contributed by atoms with Gasteiger partial charge in [0, 0.05) is 12.6 Å². The zero-order valence-corrected chi connectivity index (χ0v) is 13.9. The Bertz CT molecular complexity index is 1100. The average Bonchev–Trinajstić information content (AvgIpc) is 3.17. The lowest BCUT2D eigenvalue weighted by molar-refractivity contribution is 0.399. The maximum absolute atomic E-state index is 13.2. The first kappa shape index (κ1) is 14.7. The van der Waals surface area contributed by atoms with E-state index < -0.39 is 0 Å². The molecule has 0 aliphatic rings. The van der Waals surface area contributed by atoms with Gasteiger partial charge in [-0.15, -0.1) is 0 Å². The molecule has 0 saturated carbocycles. The van der Waals surface area contributed by atoms with Gasteiger partial charge in [0.25, 0.3) is 5.56 Å². The number of fused-ring (bicyclic) bond motifs is 3. The molecule has 3 aromatic heterocycles. The van der Waals surface area contributed by atoms with Crippen molar-refractivity contribution in [1.82, 2.24) is 19.1 Å². The van der Waals surface area contributed by atoms with Crippen LogP contribution in [0.4, 0.5) is 0 Å². The minimum Gasteiger partial charge on any atom is -0.361 e. The van der Waals surface area contributed by atoms with E-state index in [1.807, 2.05) is 40.2 Å². The number of hydrogen-bond donors (Lipinski definition) is 0. The van der Waals surface area contributed by atoms with Gasteiger partial charge in [0.1, 0.15) is 29.0 Å². The van der Waals surface area contributed by atoms with Crippen molar-refractivity contribution in [3.63, 3.8) is 0 Å². The number of imidazole rings is 1. The Morgan fingerprint density at radius 2 is 1.96 bits per heavy atom. The van der Waals surface area contributed by atoms with Crippen molar-refractivity contribution >= 4 is 16.6 Å². The highest BCUT2D eigenvalue weighted by Crippen LogP contribution is 2.24. The monoisotopic (exact) mass is 322 g/mol. The smallest absolute Gasteiger partial charge is 0.277 e. The molecule has 4 rings (SSSR count). The normalized spacial score (nSPS) is 11.8. The minimum atomic E-state index is -0.0597. The third-order valence-electron chi connectivity index (χ3n) is 4.07. The van der Waals surface area contributed by atoms with Crippen LogP contribution < -0.4 is 5.56 Å². The van der Waals surface area contributed by atoms with Gasteiger partial charge >= 0.3 is 0 Å². The van der Waals surface area contributed by atoms with Crippen molar-refractivity contribution in [2.24, 2.45) is 5.92 Å². The number of para-hydroxylation sites is 2. The van der Waals surface area contributed by atoms with E-state index in [0.717, 1.165) is 11.0 Å². The molecular weight excluding hydrogens is 304 g/mol. The summed E-state index contributed by atoms with van der Waals surface area (Å²) >= 11 is 0. The zero-order chi connectivity index (χ0) is 16.8. The molecule has 0 atom stereocenters. The summed E-state index contributed by atoms with van der Waals surface area (Å²) in [5, 5.41) is 4.02. The van der Waals surface area contributed by atoms with Crippen LogP contribution in [0.1, 0.15) is 19.6 Å². The lowest BCUT2D eigenvalue weighted by Gasteiger charge is -2.14. The molecule has 0 fully saturated rings. The predicted octanol–water partition coefficient (Wildman–Crippen LogP) is 3.27. The second-order valence-electron chi connectivity index (χ2n) is 6.43. The molecule has 0 N–H and O–H groups in total. The summed E-state index contributed by atoms with van der Waals surface area (Å²) in [6.07, 6.45) is 1.68. The first-order valence-corrected chi connectivity index (χ1v) is 7.98. The summed E-state index contributed by atoms with van der Waals surface area (Å²) in [7, 11) is 0. The fourth-order valence-corrected chi connectivity index (χ4v) is 3.08. The molecule has 0 saturated heterocycles. The van der Waals surface area contributed by atoms with Crippen LogP contribution in [0.5, 0.6) is 0 Å². The van der Waals surface area contributed by atoms with Crippen LogP contribution in [-0.4, -0.2) is 19.1 Å². The fraction of sp³-hybridized carbons (Fsp3) is 0.278. The molecule has 4 aromatic rings. The van der Waals surface area contributed by atoms with Gasteiger partial charge in [0.2, 0.25) is 0 Å². The highest BCUT2D eigenvalue weighted by atomic mass is 16.5. The maximum Gasteiger partial charge on any atom is 0.277 e. The number of hydrogen-bond acceptors (Lipinski definition) is 4. The van der Waals surface area contributed by atoms with Gasteiger partial charge in [-0.25, -0.2) is 4.98 Å². The Balaban J connectivity index is 2.13. The van der Waals surface area contributed by atoms with Crippen molar-refractivity contribution < 1.29 is 4.52 Å². The molecule has 0 amide bonds. The van der Waals surface area contributed by atoms with E-state index in [4.69, 9.17) is 4.52 Å². The molecular formula is C18H18N4O2. The van der Waals surface area contributed by atoms with Crippen molar-refractivity contribution in [2.45, 2.75) is 27.3 Å². The molecule has 0 unspecified atom stereocenters. The van der Waals surface area contributed by atoms with Crippen LogP contribution in [-0.2, 0) is 6.54 Å². The van der Waals surface area contributed by atoms with E-state index in [2.05, 4.69) is 24.0 Å². The number of nitrogens with zero attached hydrogens (tertiary/aromatic N) is 4. The highest BCUT2D eigenvalue weighted by molar-refractivity contribution is 5.84. The van der Waals surface area contributed by atoms with Gasteiger partial charge in [-0.2, -0.15) is 0 Å². The summed E-state index contributed by atoms with van der Waals surface area (Å²) in [5.74, 6) is 1.05. The summed E-state index contributed by atoms with van der Waals surface area (Å²) in [6.45, 7) is 6.67. The molecule has 6 heteroatoms. The molecule has 0 spiro atoms. The summed E-state index contributed by atoms with van der Waals surface area (Å²) in [4.78, 5) is 17.6. The van der Waals surface area contributed by atoms with Crippen molar-refractivity contribution in [3.05, 3.63) is 52.8 Å². The Hall–Kier alpha value is -2.89. The Labute approximate surface area is 138 Å². The van der Waals surface area contributed by atoms with Gasteiger partial charge in [-0.1, -0.05) is 31.1 Å². The Kier molecular flexibility index (Phi) is 3.26. The summed E-state index contributed by atoms with van der Waals surface area (Å²) < 4.78 is 8.82. The van der Waals surface area contributed by atoms with Gasteiger partial charge < -0.3 is 9.09 Å². The molecule has 0 aliphatic carbocycles. The molecule has 0 aliphatic heterocycles. The zero-order valence-electron chi connectivity index (χ0n) is 13.9. The number of aromatic nitrogens is 4. The van der Waals surface area contributed by atoms with E-state index >= 15 is 0 Å². The van der Waals surface area contributed by atoms with Crippen LogP contribution in [0.15, 0.2) is 46.0 Å². The van der Waals surface area contributed by atoms with Crippen LogP contribution in [0, 0.1) is 12.8 Å². The number of aryl methyl sites for hydroxylation is 1. The van der Waals surface area contributed by atoms with Crippen molar-refractivity contribution in [1.29, 1.82) is 0 Å². The third kappa shape index (κ3) is 2.14. The predicted molar refractivity (Wildman–Crippen MR) is 92.0 cm³/mol. The second kappa shape index (κ2) is 5.33. The fourth-order valence-electron chi connectivity index (χ4n) is 3.08. The highest BCUT2D eigenvalue weighted by Gasteiger charge is 2.19. The molecule has 0 radical (unpaired) electrons. The minimum absolute atomic E-state index is 0.0597. The maximum atomic E-state index is 13.2. The van der Waals surface area contributed by atoms with Gasteiger partial charge in [0.05, 0.1) is 11.0 Å². The molecule has 24 heavy (non-hydrogen) atoms. The van der Waals surface area contributed by atoms with Crippen molar-refractivity contribution in [3.8, 4) is 11.4 Å². The van der Waals surface area contributed by atoms with Crippen LogP contribution in [0.25, 0.3) is 27.9 Å². The lowest BCUT2D eigenvalue weighted by Crippen LogP contribution is -2.25. The molecule has 6 nitrogen and oxygen atoms in total. The van der Waals surface area contributed by atoms with E-state index in [1.165, 1.54) is 0 Å².